The van der Waals surface area contributed by atoms with E-state index < -0.39 is 0 Å². The molecule has 1 aliphatic rings. The van der Waals surface area contributed by atoms with Crippen molar-refractivity contribution in [3.05, 3.63) is 0 Å². The molecule has 0 bridgehead atoms. The molecule has 0 aromatic rings. The predicted molar refractivity (Wildman–Crippen MR) is 80.1 cm³/mol. The summed E-state index contributed by atoms with van der Waals surface area (Å²) in [6.07, 6.45) is 0. The van der Waals surface area contributed by atoms with Crippen LogP contribution in [0.1, 0.15) is 41.5 Å². The molecule has 0 aromatic carbocycles. The molecule has 3 heteroatoms. The smallest absolute Gasteiger partial charge is 0.0356 e. The van der Waals surface area contributed by atoms with Crippen molar-refractivity contribution in [3.8, 4) is 0 Å². The Kier molecular flexibility index (Phi) is 4.85. The van der Waals surface area contributed by atoms with Gasteiger partial charge in [0.05, 0.1) is 0 Å². The van der Waals surface area contributed by atoms with Crippen molar-refractivity contribution in [2.45, 2.75) is 58.7 Å². The predicted octanol–water partition coefficient (Wildman–Crippen LogP) is 2.13. The zero-order chi connectivity index (χ0) is 14.1. The van der Waals surface area contributed by atoms with E-state index in [1.165, 1.54) is 19.6 Å². The van der Waals surface area contributed by atoms with Gasteiger partial charge < -0.3 is 4.90 Å². The van der Waals surface area contributed by atoms with Crippen LogP contribution in [0.2, 0.25) is 0 Å². The minimum absolute atomic E-state index is 0.269. The van der Waals surface area contributed by atoms with Crippen molar-refractivity contribution in [1.82, 2.24) is 14.7 Å². The lowest BCUT2D eigenvalue weighted by Gasteiger charge is -2.51. The van der Waals surface area contributed by atoms with Gasteiger partial charge in [0.2, 0.25) is 0 Å². The highest BCUT2D eigenvalue weighted by atomic mass is 15.3. The Balaban J connectivity index is 2.80. The Bertz CT molecular complexity index is 260. The SMILES string of the molecule is CN(C)CC1CN(C(C)(C)C)CCN1C(C)(C)C. The molecule has 108 valence electrons. The number of rotatable bonds is 2. The van der Waals surface area contributed by atoms with Crippen molar-refractivity contribution >= 4 is 0 Å². The first-order valence-electron chi connectivity index (χ1n) is 7.18. The molecule has 0 amide bonds. The maximum Gasteiger partial charge on any atom is 0.0356 e. The van der Waals surface area contributed by atoms with Crippen LogP contribution in [-0.2, 0) is 0 Å². The van der Waals surface area contributed by atoms with Gasteiger partial charge in [0, 0.05) is 43.3 Å². The summed E-state index contributed by atoms with van der Waals surface area (Å²) >= 11 is 0. The lowest BCUT2D eigenvalue weighted by molar-refractivity contribution is -0.0292. The highest BCUT2D eigenvalue weighted by molar-refractivity contribution is 4.93. The van der Waals surface area contributed by atoms with Crippen molar-refractivity contribution in [3.63, 3.8) is 0 Å². The third-order valence-corrected chi connectivity index (χ3v) is 3.87. The Labute approximate surface area is 114 Å². The van der Waals surface area contributed by atoms with Crippen LogP contribution < -0.4 is 0 Å². The molecule has 1 saturated heterocycles. The quantitative estimate of drug-likeness (QED) is 0.748. The molecule has 0 saturated carbocycles. The summed E-state index contributed by atoms with van der Waals surface area (Å²) < 4.78 is 0. The topological polar surface area (TPSA) is 9.72 Å². The highest BCUT2D eigenvalue weighted by Crippen LogP contribution is 2.25. The van der Waals surface area contributed by atoms with Crippen LogP contribution in [0.5, 0.6) is 0 Å². The first-order chi connectivity index (χ1) is 8.01. The van der Waals surface area contributed by atoms with Gasteiger partial charge in [0.1, 0.15) is 0 Å². The van der Waals surface area contributed by atoms with E-state index in [9.17, 15) is 0 Å². The Hall–Kier alpha value is -0.120. The van der Waals surface area contributed by atoms with E-state index in [1.807, 2.05) is 0 Å². The first-order valence-corrected chi connectivity index (χ1v) is 7.18. The number of nitrogens with zero attached hydrogens (tertiary/aromatic N) is 3. The van der Waals surface area contributed by atoms with Gasteiger partial charge in [0.25, 0.3) is 0 Å². The van der Waals surface area contributed by atoms with E-state index in [1.54, 1.807) is 0 Å². The molecule has 0 N–H and O–H groups in total. The summed E-state index contributed by atoms with van der Waals surface area (Å²) in [4.78, 5) is 7.62. The lowest BCUT2D eigenvalue weighted by Crippen LogP contribution is -2.64. The summed E-state index contributed by atoms with van der Waals surface area (Å²) in [6, 6.07) is 0.632. The Morgan fingerprint density at radius 1 is 0.944 bits per heavy atom. The Morgan fingerprint density at radius 2 is 1.50 bits per heavy atom. The monoisotopic (exact) mass is 255 g/mol. The van der Waals surface area contributed by atoms with E-state index in [2.05, 4.69) is 70.3 Å². The van der Waals surface area contributed by atoms with Crippen LogP contribution in [0.4, 0.5) is 0 Å². The second kappa shape index (κ2) is 5.48. The first kappa shape index (κ1) is 15.9. The fraction of sp³-hybridized carbons (Fsp3) is 1.00. The van der Waals surface area contributed by atoms with Crippen molar-refractivity contribution in [2.75, 3.05) is 40.3 Å². The maximum absolute atomic E-state index is 2.68. The van der Waals surface area contributed by atoms with Crippen LogP contribution in [-0.4, -0.2) is 72.1 Å². The highest BCUT2D eigenvalue weighted by Gasteiger charge is 2.37. The zero-order valence-corrected chi connectivity index (χ0v) is 13.7. The summed E-state index contributed by atoms with van der Waals surface area (Å²) in [7, 11) is 4.35. The van der Waals surface area contributed by atoms with Crippen LogP contribution in [0.3, 0.4) is 0 Å². The third-order valence-electron chi connectivity index (χ3n) is 3.87. The normalized spacial score (nSPS) is 24.8. The van der Waals surface area contributed by atoms with Crippen LogP contribution >= 0.6 is 0 Å². The fourth-order valence-electron chi connectivity index (χ4n) is 2.93. The number of hydrogen-bond acceptors (Lipinski definition) is 3. The molecule has 1 unspecified atom stereocenters. The van der Waals surface area contributed by atoms with Crippen molar-refractivity contribution < 1.29 is 0 Å². The van der Waals surface area contributed by atoms with Crippen LogP contribution in [0.15, 0.2) is 0 Å². The molecule has 18 heavy (non-hydrogen) atoms. The van der Waals surface area contributed by atoms with Gasteiger partial charge in [-0.1, -0.05) is 0 Å². The van der Waals surface area contributed by atoms with Gasteiger partial charge in [-0.2, -0.15) is 0 Å². The standard InChI is InChI=1S/C15H33N3/c1-14(2,3)17-9-10-18(15(4,5)6)13(12-17)11-16(7)8/h13H,9-12H2,1-8H3. The average molecular weight is 255 g/mol. The molecule has 1 fully saturated rings. The average Bonchev–Trinajstić information content (AvgIpc) is 2.13. The van der Waals surface area contributed by atoms with Crippen molar-refractivity contribution in [1.29, 1.82) is 0 Å². The lowest BCUT2D eigenvalue weighted by atomic mass is 9.96. The minimum atomic E-state index is 0.269. The van der Waals surface area contributed by atoms with E-state index in [0.29, 0.717) is 6.04 Å². The molecular formula is C15H33N3. The molecule has 0 spiro atoms. The summed E-state index contributed by atoms with van der Waals surface area (Å²) in [5.41, 5.74) is 0.555. The van der Waals surface area contributed by atoms with Gasteiger partial charge in [-0.3, -0.25) is 9.80 Å². The molecule has 0 aromatic heterocycles. The van der Waals surface area contributed by atoms with E-state index in [4.69, 9.17) is 0 Å². The second-order valence-electron chi connectivity index (χ2n) is 7.90. The molecule has 1 atom stereocenters. The summed E-state index contributed by atoms with van der Waals surface area (Å²) in [5.74, 6) is 0. The van der Waals surface area contributed by atoms with Gasteiger partial charge in [-0.15, -0.1) is 0 Å². The number of likely N-dealkylation sites (N-methyl/N-ethyl adjacent to an activating group) is 1. The van der Waals surface area contributed by atoms with Crippen LogP contribution in [0, 0.1) is 0 Å². The van der Waals surface area contributed by atoms with Crippen molar-refractivity contribution in [2.24, 2.45) is 0 Å². The molecule has 0 aliphatic carbocycles. The molecular weight excluding hydrogens is 222 g/mol. The molecule has 3 nitrogen and oxygen atoms in total. The third kappa shape index (κ3) is 4.22. The van der Waals surface area contributed by atoms with Gasteiger partial charge in [0.15, 0.2) is 0 Å². The number of hydrogen-bond donors (Lipinski definition) is 0. The summed E-state index contributed by atoms with van der Waals surface area (Å²) in [6.45, 7) is 18.7. The van der Waals surface area contributed by atoms with Gasteiger partial charge in [-0.25, -0.2) is 0 Å². The van der Waals surface area contributed by atoms with E-state index >= 15 is 0 Å². The maximum atomic E-state index is 2.68. The van der Waals surface area contributed by atoms with Gasteiger partial charge >= 0.3 is 0 Å². The molecule has 1 aliphatic heterocycles. The number of piperazine rings is 1. The van der Waals surface area contributed by atoms with E-state index in [-0.39, 0.29) is 11.1 Å². The second-order valence-corrected chi connectivity index (χ2v) is 7.90. The molecule has 0 radical (unpaired) electrons. The van der Waals surface area contributed by atoms with E-state index in [0.717, 1.165) is 6.54 Å². The summed E-state index contributed by atoms with van der Waals surface area (Å²) in [5, 5.41) is 0. The molecule has 1 rings (SSSR count). The van der Waals surface area contributed by atoms with Crippen LogP contribution in [0.25, 0.3) is 0 Å². The Morgan fingerprint density at radius 3 is 1.89 bits per heavy atom. The minimum Gasteiger partial charge on any atom is -0.308 e. The van der Waals surface area contributed by atoms with Gasteiger partial charge in [-0.05, 0) is 55.6 Å². The fourth-order valence-corrected chi connectivity index (χ4v) is 2.93. The zero-order valence-electron chi connectivity index (χ0n) is 13.7. The largest absolute Gasteiger partial charge is 0.308 e. The molecule has 1 heterocycles.